The van der Waals surface area contributed by atoms with E-state index in [0.29, 0.717) is 35.8 Å². The number of hydrogen-bond donors (Lipinski definition) is 1. The summed E-state index contributed by atoms with van der Waals surface area (Å²) in [5.74, 6) is -0.179. The van der Waals surface area contributed by atoms with Gasteiger partial charge in [-0.1, -0.05) is 12.1 Å². The molecule has 3 aliphatic heterocycles. The van der Waals surface area contributed by atoms with Gasteiger partial charge in [0.2, 0.25) is 0 Å². The maximum atomic E-state index is 14.7. The van der Waals surface area contributed by atoms with Crippen molar-refractivity contribution in [1.82, 2.24) is 19.7 Å². The summed E-state index contributed by atoms with van der Waals surface area (Å²) < 4.78 is 42.1. The summed E-state index contributed by atoms with van der Waals surface area (Å²) in [5.41, 5.74) is 4.45. The van der Waals surface area contributed by atoms with Crippen LogP contribution >= 0.6 is 0 Å². The molecule has 2 aromatic heterocycles. The normalized spacial score (nSPS) is 19.7. The van der Waals surface area contributed by atoms with Crippen LogP contribution in [0.15, 0.2) is 55.1 Å². The molecule has 1 atom stereocenters. The highest BCUT2D eigenvalue weighted by Gasteiger charge is 2.37. The molecule has 1 N–H and O–H groups in total. The topological polar surface area (TPSA) is 89.8 Å². The Morgan fingerprint density at radius 2 is 1.84 bits per heavy atom. The van der Waals surface area contributed by atoms with Gasteiger partial charge in [0.15, 0.2) is 17.5 Å². The van der Waals surface area contributed by atoms with Gasteiger partial charge in [0.25, 0.3) is 0 Å². The lowest BCUT2D eigenvalue weighted by Gasteiger charge is -2.45. The predicted molar refractivity (Wildman–Crippen MR) is 167 cm³/mol. The van der Waals surface area contributed by atoms with E-state index in [1.807, 2.05) is 19.4 Å². The van der Waals surface area contributed by atoms with E-state index in [4.69, 9.17) is 14.3 Å². The van der Waals surface area contributed by atoms with E-state index >= 15 is 0 Å². The molecule has 0 saturated carbocycles. The number of ether oxygens (including phenoxy) is 2. The highest BCUT2D eigenvalue weighted by atomic mass is 19.2. The van der Waals surface area contributed by atoms with E-state index in [0.717, 1.165) is 80.6 Å². The van der Waals surface area contributed by atoms with Crippen LogP contribution in [0.1, 0.15) is 43.7 Å². The van der Waals surface area contributed by atoms with Crippen LogP contribution in [-0.2, 0) is 16.6 Å². The monoisotopic (exact) mass is 617 g/mol. The van der Waals surface area contributed by atoms with Gasteiger partial charge in [-0.15, -0.1) is 0 Å². The maximum Gasteiger partial charge on any atom is 0.164 e. The molecule has 2 aromatic carbocycles. The molecule has 5 heterocycles. The lowest BCUT2D eigenvalue weighted by Crippen LogP contribution is -2.43. The summed E-state index contributed by atoms with van der Waals surface area (Å²) in [4.78, 5) is 17.1. The van der Waals surface area contributed by atoms with Gasteiger partial charge in [0, 0.05) is 80.5 Å². The molecule has 3 aliphatic rings. The average molecular weight is 618 g/mol. The van der Waals surface area contributed by atoms with E-state index < -0.39 is 17.7 Å². The lowest BCUT2D eigenvalue weighted by atomic mass is 9.72. The van der Waals surface area contributed by atoms with Crippen molar-refractivity contribution in [3.63, 3.8) is 0 Å². The number of aryl methyl sites for hydroxylation is 1. The summed E-state index contributed by atoms with van der Waals surface area (Å²) in [6.07, 6.45) is 10.3. The fraction of sp³-hybridized carbons (Fsp3) is 0.424. The molecule has 3 saturated heterocycles. The highest BCUT2D eigenvalue weighted by Crippen LogP contribution is 2.46. The summed E-state index contributed by atoms with van der Waals surface area (Å²) in [7, 11) is 3.57. The molecule has 0 bridgehead atoms. The summed E-state index contributed by atoms with van der Waals surface area (Å²) >= 11 is 0. The number of hydroxylamine groups is 1. The van der Waals surface area contributed by atoms with Crippen molar-refractivity contribution in [2.24, 2.45) is 12.5 Å². The third kappa shape index (κ3) is 5.80. The van der Waals surface area contributed by atoms with Crippen molar-refractivity contribution < 1.29 is 23.1 Å². The van der Waals surface area contributed by atoms with Crippen molar-refractivity contribution in [1.29, 1.82) is 0 Å². The van der Waals surface area contributed by atoms with E-state index in [1.54, 1.807) is 23.9 Å². The minimum absolute atomic E-state index is 0.222. The number of anilines is 4. The lowest BCUT2D eigenvalue weighted by molar-refractivity contribution is 0.00213. The van der Waals surface area contributed by atoms with Gasteiger partial charge in [-0.05, 0) is 43.2 Å². The van der Waals surface area contributed by atoms with Crippen molar-refractivity contribution in [2.45, 2.75) is 38.1 Å². The SMILES string of the molecule is COc1cc(N2CCC3(CCOCC3)CC2)c(-c2cnn(C)c2)cc1Nc1cc(N2OCC[C@@H]2c2cccc(F)c2F)ncn1. The van der Waals surface area contributed by atoms with Crippen LogP contribution in [0.25, 0.3) is 11.1 Å². The number of nitrogens with one attached hydrogen (secondary N) is 1. The Hall–Kier alpha value is -4.29. The van der Waals surface area contributed by atoms with E-state index in [-0.39, 0.29) is 5.56 Å². The first-order chi connectivity index (χ1) is 21.9. The molecule has 1 spiro atoms. The van der Waals surface area contributed by atoms with Crippen LogP contribution in [-0.4, -0.2) is 59.8 Å². The Morgan fingerprint density at radius 1 is 1.02 bits per heavy atom. The zero-order valence-electron chi connectivity index (χ0n) is 25.5. The second-order valence-corrected chi connectivity index (χ2v) is 12.1. The van der Waals surface area contributed by atoms with E-state index in [1.165, 1.54) is 17.5 Å². The second-order valence-electron chi connectivity index (χ2n) is 12.1. The number of halogens is 2. The largest absolute Gasteiger partial charge is 0.494 e. The fourth-order valence-corrected chi connectivity index (χ4v) is 6.84. The van der Waals surface area contributed by atoms with Crippen LogP contribution < -0.4 is 20.0 Å². The molecule has 12 heteroatoms. The number of methoxy groups -OCH3 is 1. The fourth-order valence-electron chi connectivity index (χ4n) is 6.84. The number of rotatable bonds is 7. The van der Waals surface area contributed by atoms with Crippen LogP contribution in [0.3, 0.4) is 0 Å². The van der Waals surface area contributed by atoms with Crippen LogP contribution in [0.5, 0.6) is 5.75 Å². The first kappa shape index (κ1) is 29.4. The molecule has 45 heavy (non-hydrogen) atoms. The molecule has 10 nitrogen and oxygen atoms in total. The predicted octanol–water partition coefficient (Wildman–Crippen LogP) is 6.19. The van der Waals surface area contributed by atoms with Crippen LogP contribution in [0.4, 0.5) is 31.8 Å². The summed E-state index contributed by atoms with van der Waals surface area (Å²) in [6.45, 7) is 3.98. The van der Waals surface area contributed by atoms with Crippen molar-refractivity contribution >= 4 is 23.0 Å². The maximum absolute atomic E-state index is 14.7. The Morgan fingerprint density at radius 3 is 2.60 bits per heavy atom. The molecular formula is C33H37F2N7O3. The number of piperidine rings is 1. The first-order valence-corrected chi connectivity index (χ1v) is 15.4. The molecule has 4 aromatic rings. The minimum Gasteiger partial charge on any atom is -0.494 e. The Balaban J connectivity index is 1.19. The van der Waals surface area contributed by atoms with Crippen molar-refractivity contribution in [3.05, 3.63) is 72.3 Å². The molecule has 0 aliphatic carbocycles. The highest BCUT2D eigenvalue weighted by molar-refractivity contribution is 5.85. The Labute approximate surface area is 260 Å². The van der Waals surface area contributed by atoms with Crippen molar-refractivity contribution in [2.75, 3.05) is 55.3 Å². The van der Waals surface area contributed by atoms with E-state index in [9.17, 15) is 8.78 Å². The quantitative estimate of drug-likeness (QED) is 0.261. The number of hydrogen-bond acceptors (Lipinski definition) is 9. The molecule has 0 unspecified atom stereocenters. The van der Waals surface area contributed by atoms with Gasteiger partial charge >= 0.3 is 0 Å². The van der Waals surface area contributed by atoms with Gasteiger partial charge in [0.1, 0.15) is 17.9 Å². The minimum atomic E-state index is -0.892. The Bertz CT molecular complexity index is 1670. The summed E-state index contributed by atoms with van der Waals surface area (Å²) in [5, 5.41) is 9.37. The smallest absolute Gasteiger partial charge is 0.164 e. The van der Waals surface area contributed by atoms with Gasteiger partial charge in [0.05, 0.1) is 31.6 Å². The number of benzene rings is 2. The first-order valence-electron chi connectivity index (χ1n) is 15.4. The van der Waals surface area contributed by atoms with Crippen LogP contribution in [0, 0.1) is 17.0 Å². The molecule has 0 amide bonds. The van der Waals surface area contributed by atoms with Gasteiger partial charge < -0.3 is 19.7 Å². The van der Waals surface area contributed by atoms with Crippen molar-refractivity contribution in [3.8, 4) is 16.9 Å². The van der Waals surface area contributed by atoms with Gasteiger partial charge in [-0.3, -0.25) is 9.52 Å². The van der Waals surface area contributed by atoms with Crippen LogP contribution in [0.2, 0.25) is 0 Å². The third-order valence-corrected chi connectivity index (χ3v) is 9.44. The second kappa shape index (κ2) is 12.2. The van der Waals surface area contributed by atoms with Gasteiger partial charge in [-0.2, -0.15) is 5.10 Å². The average Bonchev–Trinajstić information content (AvgIpc) is 3.73. The Kier molecular flexibility index (Phi) is 8.01. The van der Waals surface area contributed by atoms with Gasteiger partial charge in [-0.25, -0.2) is 23.8 Å². The number of aromatic nitrogens is 4. The molecule has 236 valence electrons. The standard InChI is InChI=1S/C33H37F2N7O3/c1-40-20-22(19-38-40)24-16-26(29(43-2)17-28(24)41-11-7-33(8-12-41)9-14-44-15-10-33)39-30-18-31(37-21-36-30)42-27(6-13-45-42)23-4-3-5-25(34)32(23)35/h3-5,16-21,27H,6-15H2,1-2H3,(H,36,37,39)/t27-/m1/s1. The zero-order chi connectivity index (χ0) is 31.0. The molecule has 3 fully saturated rings. The molecular weight excluding hydrogens is 580 g/mol. The number of nitrogens with zero attached hydrogens (tertiary/aromatic N) is 6. The van der Waals surface area contributed by atoms with E-state index in [2.05, 4.69) is 37.4 Å². The molecule has 7 rings (SSSR count). The third-order valence-electron chi connectivity index (χ3n) is 9.44. The zero-order valence-corrected chi connectivity index (χ0v) is 25.5. The molecule has 0 radical (unpaired) electrons. The summed E-state index contributed by atoms with van der Waals surface area (Å²) in [6, 6.07) is 9.54.